The second-order valence-electron chi connectivity index (χ2n) is 5.25. The molecule has 0 aliphatic heterocycles. The van der Waals surface area contributed by atoms with E-state index >= 15 is 0 Å². The Bertz CT molecular complexity index is 514. The highest BCUT2D eigenvalue weighted by molar-refractivity contribution is 5.84. The molecule has 114 valence electrons. The van der Waals surface area contributed by atoms with Crippen LogP contribution in [0.4, 0.5) is 4.39 Å². The third-order valence-corrected chi connectivity index (χ3v) is 3.42. The molecule has 6 heteroatoms. The van der Waals surface area contributed by atoms with Crippen LogP contribution in [0.15, 0.2) is 24.3 Å². The molecule has 1 unspecified atom stereocenters. The Kier molecular flexibility index (Phi) is 4.90. The number of benzene rings is 1. The molecule has 0 saturated heterocycles. The van der Waals surface area contributed by atoms with Crippen LogP contribution >= 0.6 is 0 Å². The van der Waals surface area contributed by atoms with Crippen molar-refractivity contribution in [2.45, 2.75) is 31.9 Å². The van der Waals surface area contributed by atoms with Crippen molar-refractivity contribution in [2.24, 2.45) is 0 Å². The lowest BCUT2D eigenvalue weighted by molar-refractivity contribution is -0.134. The number of rotatable bonds is 6. The van der Waals surface area contributed by atoms with Crippen molar-refractivity contribution < 1.29 is 19.1 Å². The second kappa shape index (κ2) is 6.67. The summed E-state index contributed by atoms with van der Waals surface area (Å²) in [6.07, 6.45) is 0.941. The Balaban J connectivity index is 1.97. The minimum absolute atomic E-state index is 0.0675. The SMILES string of the molecule is CC(=O)NCC(=O)N(CC(O)c1ccc(F)cc1)C1CC1. The van der Waals surface area contributed by atoms with E-state index in [1.807, 2.05) is 0 Å². The van der Waals surface area contributed by atoms with Crippen LogP contribution in [0, 0.1) is 5.82 Å². The summed E-state index contributed by atoms with van der Waals surface area (Å²) in [5.41, 5.74) is 0.564. The molecule has 1 fully saturated rings. The number of nitrogens with one attached hydrogen (secondary N) is 1. The molecule has 1 saturated carbocycles. The van der Waals surface area contributed by atoms with E-state index in [1.54, 1.807) is 4.90 Å². The zero-order chi connectivity index (χ0) is 15.4. The lowest BCUT2D eigenvalue weighted by Gasteiger charge is -2.25. The predicted octanol–water partition coefficient (Wildman–Crippen LogP) is 0.986. The van der Waals surface area contributed by atoms with E-state index < -0.39 is 6.10 Å². The Hall–Kier alpha value is -1.95. The summed E-state index contributed by atoms with van der Waals surface area (Å²) in [7, 11) is 0. The summed E-state index contributed by atoms with van der Waals surface area (Å²) in [6, 6.07) is 5.69. The highest BCUT2D eigenvalue weighted by Crippen LogP contribution is 2.29. The van der Waals surface area contributed by atoms with Crippen LogP contribution in [-0.2, 0) is 9.59 Å². The van der Waals surface area contributed by atoms with Gasteiger partial charge in [-0.15, -0.1) is 0 Å². The van der Waals surface area contributed by atoms with Crippen LogP contribution in [0.25, 0.3) is 0 Å². The fraction of sp³-hybridized carbons (Fsp3) is 0.467. The molecule has 0 radical (unpaired) electrons. The van der Waals surface area contributed by atoms with Crippen LogP contribution in [0.3, 0.4) is 0 Å². The number of halogens is 1. The first-order valence-corrected chi connectivity index (χ1v) is 6.95. The van der Waals surface area contributed by atoms with Gasteiger partial charge in [0, 0.05) is 13.0 Å². The monoisotopic (exact) mass is 294 g/mol. The summed E-state index contributed by atoms with van der Waals surface area (Å²) >= 11 is 0. The number of hydrogen-bond donors (Lipinski definition) is 2. The van der Waals surface area contributed by atoms with Gasteiger partial charge in [-0.2, -0.15) is 0 Å². The summed E-state index contributed by atoms with van der Waals surface area (Å²) in [4.78, 5) is 24.5. The number of aliphatic hydroxyl groups excluding tert-OH is 1. The van der Waals surface area contributed by atoms with E-state index in [0.717, 1.165) is 12.8 Å². The number of carbonyl (C=O) groups is 2. The lowest BCUT2D eigenvalue weighted by atomic mass is 10.1. The first kappa shape index (κ1) is 15.4. The van der Waals surface area contributed by atoms with Crippen molar-refractivity contribution >= 4 is 11.8 Å². The van der Waals surface area contributed by atoms with Gasteiger partial charge in [-0.05, 0) is 30.5 Å². The average molecular weight is 294 g/mol. The van der Waals surface area contributed by atoms with E-state index in [1.165, 1.54) is 31.2 Å². The van der Waals surface area contributed by atoms with Crippen molar-refractivity contribution in [1.29, 1.82) is 0 Å². The highest BCUT2D eigenvalue weighted by Gasteiger charge is 2.33. The normalized spacial score (nSPS) is 15.4. The molecule has 0 heterocycles. The van der Waals surface area contributed by atoms with Gasteiger partial charge in [-0.3, -0.25) is 9.59 Å². The van der Waals surface area contributed by atoms with Gasteiger partial charge >= 0.3 is 0 Å². The topological polar surface area (TPSA) is 69.6 Å². The minimum atomic E-state index is -0.868. The first-order valence-electron chi connectivity index (χ1n) is 6.95. The highest BCUT2D eigenvalue weighted by atomic mass is 19.1. The molecule has 1 aromatic carbocycles. The maximum absolute atomic E-state index is 12.9. The maximum atomic E-state index is 12.9. The number of carbonyl (C=O) groups excluding carboxylic acids is 2. The molecule has 2 N–H and O–H groups in total. The Morgan fingerprint density at radius 1 is 1.38 bits per heavy atom. The molecular formula is C15H19FN2O3. The smallest absolute Gasteiger partial charge is 0.242 e. The molecule has 21 heavy (non-hydrogen) atoms. The van der Waals surface area contributed by atoms with Gasteiger partial charge in [0.15, 0.2) is 0 Å². The molecule has 2 rings (SSSR count). The van der Waals surface area contributed by atoms with Gasteiger partial charge in [-0.1, -0.05) is 12.1 Å². The van der Waals surface area contributed by atoms with Gasteiger partial charge in [0.2, 0.25) is 11.8 Å². The van der Waals surface area contributed by atoms with E-state index in [4.69, 9.17) is 0 Å². The van der Waals surface area contributed by atoms with Gasteiger partial charge < -0.3 is 15.3 Å². The van der Waals surface area contributed by atoms with Crippen molar-refractivity contribution in [3.8, 4) is 0 Å². The second-order valence-corrected chi connectivity index (χ2v) is 5.25. The predicted molar refractivity (Wildman–Crippen MR) is 74.8 cm³/mol. The van der Waals surface area contributed by atoms with E-state index in [-0.39, 0.29) is 36.8 Å². The van der Waals surface area contributed by atoms with Crippen LogP contribution in [0.1, 0.15) is 31.4 Å². The van der Waals surface area contributed by atoms with Crippen LogP contribution in [0.5, 0.6) is 0 Å². The largest absolute Gasteiger partial charge is 0.387 e. The van der Waals surface area contributed by atoms with Crippen molar-refractivity contribution in [1.82, 2.24) is 10.2 Å². The average Bonchev–Trinajstić information content (AvgIpc) is 3.27. The number of aliphatic hydroxyl groups is 1. The van der Waals surface area contributed by atoms with Crippen molar-refractivity contribution in [3.05, 3.63) is 35.6 Å². The van der Waals surface area contributed by atoms with Gasteiger partial charge in [-0.25, -0.2) is 4.39 Å². The Morgan fingerprint density at radius 2 is 2.00 bits per heavy atom. The number of amides is 2. The zero-order valence-corrected chi connectivity index (χ0v) is 11.9. The third-order valence-electron chi connectivity index (χ3n) is 3.42. The fourth-order valence-electron chi connectivity index (χ4n) is 2.12. The fourth-order valence-corrected chi connectivity index (χ4v) is 2.12. The van der Waals surface area contributed by atoms with Crippen LogP contribution in [0.2, 0.25) is 0 Å². The summed E-state index contributed by atoms with van der Waals surface area (Å²) in [5.74, 6) is -0.848. The Morgan fingerprint density at radius 3 is 2.52 bits per heavy atom. The standard InChI is InChI=1S/C15H19FN2O3/c1-10(19)17-8-15(21)18(13-6-7-13)9-14(20)11-2-4-12(16)5-3-11/h2-5,13-14,20H,6-9H2,1H3,(H,17,19). The third kappa shape index (κ3) is 4.53. The molecule has 1 aromatic rings. The van der Waals surface area contributed by atoms with Crippen molar-refractivity contribution in [2.75, 3.05) is 13.1 Å². The molecule has 5 nitrogen and oxygen atoms in total. The number of hydrogen-bond acceptors (Lipinski definition) is 3. The first-order chi connectivity index (χ1) is 9.97. The van der Waals surface area contributed by atoms with Crippen LogP contribution in [-0.4, -0.2) is 41.0 Å². The van der Waals surface area contributed by atoms with Crippen molar-refractivity contribution in [3.63, 3.8) is 0 Å². The quantitative estimate of drug-likeness (QED) is 0.822. The summed E-state index contributed by atoms with van der Waals surface area (Å²) < 4.78 is 12.9. The number of nitrogens with zero attached hydrogens (tertiary/aromatic N) is 1. The van der Waals surface area contributed by atoms with Gasteiger partial charge in [0.05, 0.1) is 19.2 Å². The Labute approximate surface area is 122 Å². The van der Waals surface area contributed by atoms with E-state index in [2.05, 4.69) is 5.32 Å². The zero-order valence-electron chi connectivity index (χ0n) is 11.9. The minimum Gasteiger partial charge on any atom is -0.387 e. The maximum Gasteiger partial charge on any atom is 0.242 e. The lowest BCUT2D eigenvalue weighted by Crippen LogP contribution is -2.42. The molecule has 1 aliphatic rings. The van der Waals surface area contributed by atoms with Gasteiger partial charge in [0.25, 0.3) is 0 Å². The van der Waals surface area contributed by atoms with E-state index in [9.17, 15) is 19.1 Å². The molecule has 1 aliphatic carbocycles. The molecule has 0 bridgehead atoms. The molecular weight excluding hydrogens is 275 g/mol. The van der Waals surface area contributed by atoms with E-state index in [0.29, 0.717) is 5.56 Å². The molecule has 2 amide bonds. The molecule has 0 aromatic heterocycles. The summed E-state index contributed by atoms with van der Waals surface area (Å²) in [6.45, 7) is 1.43. The molecule has 0 spiro atoms. The summed E-state index contributed by atoms with van der Waals surface area (Å²) in [5, 5.41) is 12.6. The van der Waals surface area contributed by atoms with Gasteiger partial charge in [0.1, 0.15) is 5.82 Å². The van der Waals surface area contributed by atoms with Crippen LogP contribution < -0.4 is 5.32 Å². The molecule has 1 atom stereocenters.